The van der Waals surface area contributed by atoms with Crippen LogP contribution in [0.1, 0.15) is 23.7 Å². The lowest BCUT2D eigenvalue weighted by molar-refractivity contribution is -0.129. The van der Waals surface area contributed by atoms with Crippen LogP contribution < -0.4 is 4.74 Å². The quantitative estimate of drug-likeness (QED) is 0.463. The van der Waals surface area contributed by atoms with E-state index in [1.165, 1.54) is 0 Å². The molecule has 1 aliphatic carbocycles. The van der Waals surface area contributed by atoms with Crippen LogP contribution in [-0.4, -0.2) is 18.5 Å². The van der Waals surface area contributed by atoms with Gasteiger partial charge in [-0.1, -0.05) is 49.1 Å². The molecule has 1 aliphatic rings. The summed E-state index contributed by atoms with van der Waals surface area (Å²) in [5.74, 6) is -0.509. The summed E-state index contributed by atoms with van der Waals surface area (Å²) in [7, 11) is 0. The average molecular weight is 334 g/mol. The van der Waals surface area contributed by atoms with Crippen molar-refractivity contribution in [2.75, 3.05) is 6.61 Å². The Labute approximate surface area is 146 Å². The number of hydrogen-bond acceptors (Lipinski definition) is 4. The van der Waals surface area contributed by atoms with Crippen LogP contribution >= 0.6 is 0 Å². The van der Waals surface area contributed by atoms with Gasteiger partial charge in [0.15, 0.2) is 0 Å². The predicted molar refractivity (Wildman–Crippen MR) is 96.5 cm³/mol. The third kappa shape index (κ3) is 3.69. The highest BCUT2D eigenvalue weighted by atomic mass is 16.5. The van der Waals surface area contributed by atoms with Crippen LogP contribution in [0.5, 0.6) is 5.75 Å². The Balaban J connectivity index is 1.87. The molecule has 4 nitrogen and oxygen atoms in total. The van der Waals surface area contributed by atoms with Gasteiger partial charge in [0.2, 0.25) is 0 Å². The highest BCUT2D eigenvalue weighted by Crippen LogP contribution is 2.29. The zero-order valence-electron chi connectivity index (χ0n) is 14.0. The molecule has 0 saturated carbocycles. The van der Waals surface area contributed by atoms with E-state index in [0.717, 1.165) is 12.0 Å². The first-order valence-corrected chi connectivity index (χ1v) is 7.97. The summed E-state index contributed by atoms with van der Waals surface area (Å²) in [5.41, 5.74) is 1.81. The Morgan fingerprint density at radius 3 is 2.60 bits per heavy atom. The number of benzene rings is 2. The zero-order chi connectivity index (χ0) is 17.8. The Kier molecular flexibility index (Phi) is 4.80. The molecule has 0 N–H and O–H groups in total. The molecule has 0 saturated heterocycles. The minimum Gasteiger partial charge on any atom is -0.458 e. The van der Waals surface area contributed by atoms with Gasteiger partial charge in [-0.2, -0.15) is 0 Å². The first kappa shape index (κ1) is 16.7. The Morgan fingerprint density at radius 2 is 1.88 bits per heavy atom. The normalized spacial score (nSPS) is 12.8. The molecule has 25 heavy (non-hydrogen) atoms. The van der Waals surface area contributed by atoms with Crippen molar-refractivity contribution in [3.05, 3.63) is 77.9 Å². The summed E-state index contributed by atoms with van der Waals surface area (Å²) in [4.78, 5) is 24.3. The van der Waals surface area contributed by atoms with Gasteiger partial charge in [-0.05, 0) is 36.4 Å². The standard InChI is InChI=1S/C21H18O4/c1-14(2)20(22)25-19-12-6-9-16-17(19)10-5-11-18(16)21(23)24-13-15-7-3-4-8-15/h3-7,9-12H,1,8,13H2,2H3. The Morgan fingerprint density at radius 1 is 1.12 bits per heavy atom. The number of fused-ring (bicyclic) bond motifs is 1. The highest BCUT2D eigenvalue weighted by molar-refractivity contribution is 6.06. The third-order valence-corrected chi connectivity index (χ3v) is 3.89. The predicted octanol–water partition coefficient (Wildman–Crippen LogP) is 4.36. The summed E-state index contributed by atoms with van der Waals surface area (Å²) in [6.07, 6.45) is 6.72. The number of esters is 2. The molecule has 3 rings (SSSR count). The summed E-state index contributed by atoms with van der Waals surface area (Å²) >= 11 is 0. The van der Waals surface area contributed by atoms with Crippen molar-refractivity contribution in [1.29, 1.82) is 0 Å². The van der Waals surface area contributed by atoms with Crippen LogP contribution in [0.3, 0.4) is 0 Å². The van der Waals surface area contributed by atoms with Crippen molar-refractivity contribution in [2.45, 2.75) is 13.3 Å². The molecule has 0 fully saturated rings. The van der Waals surface area contributed by atoms with Gasteiger partial charge in [0.1, 0.15) is 12.4 Å². The van der Waals surface area contributed by atoms with Gasteiger partial charge in [0.05, 0.1) is 5.56 Å². The lowest BCUT2D eigenvalue weighted by atomic mass is 10.0. The van der Waals surface area contributed by atoms with Crippen LogP contribution in [-0.2, 0) is 9.53 Å². The SMILES string of the molecule is C=C(C)C(=O)Oc1cccc2c(C(=O)OCC3=CC=CC3)cccc12. The number of carbonyl (C=O) groups is 2. The van der Waals surface area contributed by atoms with Crippen molar-refractivity contribution in [2.24, 2.45) is 0 Å². The van der Waals surface area contributed by atoms with Crippen molar-refractivity contribution in [3.63, 3.8) is 0 Å². The number of carbonyl (C=O) groups excluding carboxylic acids is 2. The van der Waals surface area contributed by atoms with Crippen LogP contribution in [0.15, 0.2) is 72.4 Å². The maximum atomic E-state index is 12.5. The summed E-state index contributed by atoms with van der Waals surface area (Å²) in [6, 6.07) is 10.5. The minimum absolute atomic E-state index is 0.270. The van der Waals surface area contributed by atoms with E-state index in [1.54, 1.807) is 43.3 Å². The van der Waals surface area contributed by atoms with Gasteiger partial charge in [-0.25, -0.2) is 9.59 Å². The second kappa shape index (κ2) is 7.18. The van der Waals surface area contributed by atoms with E-state index in [0.29, 0.717) is 27.7 Å². The molecule has 2 aromatic rings. The first-order chi connectivity index (χ1) is 12.1. The summed E-state index contributed by atoms with van der Waals surface area (Å²) in [5, 5.41) is 1.35. The molecule has 2 aromatic carbocycles. The van der Waals surface area contributed by atoms with Crippen molar-refractivity contribution < 1.29 is 19.1 Å². The third-order valence-electron chi connectivity index (χ3n) is 3.89. The van der Waals surface area contributed by atoms with E-state index in [1.807, 2.05) is 18.2 Å². The molecule has 0 aromatic heterocycles. The van der Waals surface area contributed by atoms with E-state index < -0.39 is 11.9 Å². The molecule has 126 valence electrons. The molecule has 0 heterocycles. The maximum Gasteiger partial charge on any atom is 0.339 e. The van der Waals surface area contributed by atoms with Gasteiger partial charge in [-0.15, -0.1) is 0 Å². The van der Waals surface area contributed by atoms with Gasteiger partial charge in [-0.3, -0.25) is 0 Å². The first-order valence-electron chi connectivity index (χ1n) is 7.97. The molecule has 0 radical (unpaired) electrons. The second-order valence-electron chi connectivity index (χ2n) is 5.86. The number of rotatable bonds is 5. The van der Waals surface area contributed by atoms with E-state index >= 15 is 0 Å². The largest absolute Gasteiger partial charge is 0.458 e. The fourth-order valence-corrected chi connectivity index (χ4v) is 2.57. The molecule has 0 atom stereocenters. The average Bonchev–Trinajstić information content (AvgIpc) is 3.13. The summed E-state index contributed by atoms with van der Waals surface area (Å²) in [6.45, 7) is 5.44. The second-order valence-corrected chi connectivity index (χ2v) is 5.86. The highest BCUT2D eigenvalue weighted by Gasteiger charge is 2.15. The van der Waals surface area contributed by atoms with Crippen molar-refractivity contribution in [1.82, 2.24) is 0 Å². The monoisotopic (exact) mass is 334 g/mol. The summed E-state index contributed by atoms with van der Waals surface area (Å²) < 4.78 is 10.8. The molecule has 0 unspecified atom stereocenters. The minimum atomic E-state index is -0.499. The van der Waals surface area contributed by atoms with E-state index in [2.05, 4.69) is 6.58 Å². The van der Waals surface area contributed by atoms with E-state index in [-0.39, 0.29) is 6.61 Å². The van der Waals surface area contributed by atoms with Crippen molar-refractivity contribution >= 4 is 22.7 Å². The fraction of sp³-hybridized carbons (Fsp3) is 0.143. The lowest BCUT2D eigenvalue weighted by Crippen LogP contribution is -2.10. The van der Waals surface area contributed by atoms with E-state index in [9.17, 15) is 9.59 Å². The molecule has 0 amide bonds. The van der Waals surface area contributed by atoms with Gasteiger partial charge >= 0.3 is 11.9 Å². The van der Waals surface area contributed by atoms with Crippen LogP contribution in [0, 0.1) is 0 Å². The van der Waals surface area contributed by atoms with Crippen molar-refractivity contribution in [3.8, 4) is 5.75 Å². The Hall–Kier alpha value is -3.14. The number of hydrogen-bond donors (Lipinski definition) is 0. The maximum absolute atomic E-state index is 12.5. The molecule has 0 spiro atoms. The topological polar surface area (TPSA) is 52.6 Å². The molecule has 0 bridgehead atoms. The van der Waals surface area contributed by atoms with Gasteiger partial charge in [0.25, 0.3) is 0 Å². The molecule has 0 aliphatic heterocycles. The number of allylic oxidation sites excluding steroid dienone is 3. The molecular weight excluding hydrogens is 316 g/mol. The smallest absolute Gasteiger partial charge is 0.339 e. The number of ether oxygens (including phenoxy) is 2. The van der Waals surface area contributed by atoms with E-state index in [4.69, 9.17) is 9.47 Å². The van der Waals surface area contributed by atoms with Gasteiger partial charge in [0, 0.05) is 11.0 Å². The zero-order valence-corrected chi connectivity index (χ0v) is 14.0. The molecule has 4 heteroatoms. The molecular formula is C21H18O4. The van der Waals surface area contributed by atoms with Crippen LogP contribution in [0.2, 0.25) is 0 Å². The van der Waals surface area contributed by atoms with Crippen LogP contribution in [0.25, 0.3) is 10.8 Å². The van der Waals surface area contributed by atoms with Crippen LogP contribution in [0.4, 0.5) is 0 Å². The fourth-order valence-electron chi connectivity index (χ4n) is 2.57. The lowest BCUT2D eigenvalue weighted by Gasteiger charge is -2.11. The van der Waals surface area contributed by atoms with Gasteiger partial charge < -0.3 is 9.47 Å². The Bertz CT molecular complexity index is 919.